The molecule has 0 saturated heterocycles. The zero-order valence-corrected chi connectivity index (χ0v) is 13.0. The summed E-state index contributed by atoms with van der Waals surface area (Å²) in [6.45, 7) is 0.883. The van der Waals surface area contributed by atoms with E-state index < -0.39 is 5.92 Å². The van der Waals surface area contributed by atoms with Crippen LogP contribution in [0.15, 0.2) is 18.3 Å². The molecule has 22 heavy (non-hydrogen) atoms. The number of fused-ring (bicyclic) bond motifs is 3. The molecule has 0 aliphatic heterocycles. The molecule has 3 nitrogen and oxygen atoms in total. The maximum Gasteiger partial charge on any atom is 0.311 e. The topological polar surface area (TPSA) is 39.2 Å². The molecule has 3 fully saturated rings. The SMILES string of the molecule is COC(=O)C12CCC(c3ccc(C(C)(F)F)cn3)(CC1)CC2. The highest BCUT2D eigenvalue weighted by Crippen LogP contribution is 2.57. The second-order valence-electron chi connectivity index (χ2n) is 6.87. The summed E-state index contributed by atoms with van der Waals surface area (Å²) < 4.78 is 31.6. The average molecular weight is 309 g/mol. The van der Waals surface area contributed by atoms with E-state index >= 15 is 0 Å². The number of halogens is 2. The van der Waals surface area contributed by atoms with E-state index in [-0.39, 0.29) is 22.4 Å². The van der Waals surface area contributed by atoms with Crippen molar-refractivity contribution >= 4 is 5.97 Å². The van der Waals surface area contributed by atoms with Crippen molar-refractivity contribution in [2.45, 2.75) is 56.8 Å². The number of hydrogen-bond donors (Lipinski definition) is 0. The fourth-order valence-corrected chi connectivity index (χ4v) is 4.06. The smallest absolute Gasteiger partial charge is 0.311 e. The van der Waals surface area contributed by atoms with E-state index in [1.807, 2.05) is 0 Å². The van der Waals surface area contributed by atoms with Crippen LogP contribution >= 0.6 is 0 Å². The Bertz CT molecular complexity index is 553. The largest absolute Gasteiger partial charge is 0.469 e. The number of methoxy groups -OCH3 is 1. The molecule has 3 saturated carbocycles. The normalized spacial score (nSPS) is 31.1. The number of carbonyl (C=O) groups is 1. The lowest BCUT2D eigenvalue weighted by molar-refractivity contribution is -0.160. The van der Waals surface area contributed by atoms with Crippen LogP contribution in [0.25, 0.3) is 0 Å². The first-order valence-corrected chi connectivity index (χ1v) is 7.75. The molecule has 2 bridgehead atoms. The van der Waals surface area contributed by atoms with Crippen LogP contribution in [-0.2, 0) is 20.9 Å². The van der Waals surface area contributed by atoms with Gasteiger partial charge in [-0.05, 0) is 50.7 Å². The number of aromatic nitrogens is 1. The minimum absolute atomic E-state index is 0.0526. The summed E-state index contributed by atoms with van der Waals surface area (Å²) in [4.78, 5) is 16.3. The molecule has 0 atom stereocenters. The fraction of sp³-hybridized carbons (Fsp3) is 0.647. The van der Waals surface area contributed by atoms with Crippen molar-refractivity contribution in [1.29, 1.82) is 0 Å². The molecule has 120 valence electrons. The van der Waals surface area contributed by atoms with Crippen LogP contribution < -0.4 is 0 Å². The maximum absolute atomic E-state index is 13.3. The van der Waals surface area contributed by atoms with E-state index in [0.717, 1.165) is 51.1 Å². The van der Waals surface area contributed by atoms with Crippen LogP contribution in [0, 0.1) is 5.41 Å². The Morgan fingerprint density at radius 3 is 2.18 bits per heavy atom. The lowest BCUT2D eigenvalue weighted by Crippen LogP contribution is -2.48. The van der Waals surface area contributed by atoms with Crippen LogP contribution in [0.2, 0.25) is 0 Å². The summed E-state index contributed by atoms with van der Waals surface area (Å²) in [6, 6.07) is 3.22. The Morgan fingerprint density at radius 2 is 1.77 bits per heavy atom. The van der Waals surface area contributed by atoms with Crippen molar-refractivity contribution in [2.24, 2.45) is 5.41 Å². The van der Waals surface area contributed by atoms with Crippen LogP contribution in [0.1, 0.15) is 56.7 Å². The molecule has 0 amide bonds. The van der Waals surface area contributed by atoms with E-state index in [1.165, 1.54) is 19.4 Å². The van der Waals surface area contributed by atoms with Crippen molar-refractivity contribution < 1.29 is 18.3 Å². The summed E-state index contributed by atoms with van der Waals surface area (Å²) >= 11 is 0. The Hall–Kier alpha value is -1.52. The summed E-state index contributed by atoms with van der Waals surface area (Å²) in [5.41, 5.74) is 0.450. The van der Waals surface area contributed by atoms with Gasteiger partial charge in [0.2, 0.25) is 0 Å². The first-order valence-electron chi connectivity index (χ1n) is 7.75. The molecular formula is C17H21F2NO2. The standard InChI is InChI=1S/C17H21F2NO2/c1-15(18,19)12-3-4-13(20-11-12)16-5-8-17(9-6-16,10-7-16)14(21)22-2/h3-4,11H,5-10H2,1-2H3. The molecule has 3 aliphatic carbocycles. The number of rotatable bonds is 3. The van der Waals surface area contributed by atoms with Crippen LogP contribution in [-0.4, -0.2) is 18.1 Å². The molecule has 5 heteroatoms. The molecule has 4 rings (SSSR count). The Morgan fingerprint density at radius 1 is 1.18 bits per heavy atom. The first-order chi connectivity index (χ1) is 10.3. The van der Waals surface area contributed by atoms with E-state index in [0.29, 0.717) is 0 Å². The molecule has 0 spiro atoms. The molecule has 0 aromatic carbocycles. The van der Waals surface area contributed by atoms with Crippen molar-refractivity contribution in [1.82, 2.24) is 4.98 Å². The van der Waals surface area contributed by atoms with Crippen LogP contribution in [0.5, 0.6) is 0 Å². The Labute approximate surface area is 129 Å². The van der Waals surface area contributed by atoms with Crippen molar-refractivity contribution in [2.75, 3.05) is 7.11 Å². The first kappa shape index (κ1) is 15.4. The van der Waals surface area contributed by atoms with Crippen LogP contribution in [0.3, 0.4) is 0 Å². The Kier molecular flexibility index (Phi) is 3.49. The highest BCUT2D eigenvalue weighted by Gasteiger charge is 2.54. The monoisotopic (exact) mass is 309 g/mol. The van der Waals surface area contributed by atoms with E-state index in [9.17, 15) is 13.6 Å². The van der Waals surface area contributed by atoms with E-state index in [1.54, 1.807) is 6.07 Å². The Balaban J connectivity index is 1.82. The summed E-state index contributed by atoms with van der Waals surface area (Å²) in [6.07, 6.45) is 6.30. The minimum atomic E-state index is -2.86. The highest BCUT2D eigenvalue weighted by molar-refractivity contribution is 5.77. The number of esters is 1. The van der Waals surface area contributed by atoms with Gasteiger partial charge in [0.05, 0.1) is 12.5 Å². The zero-order valence-electron chi connectivity index (χ0n) is 13.0. The molecule has 0 radical (unpaired) electrons. The predicted molar refractivity (Wildman–Crippen MR) is 77.6 cm³/mol. The second-order valence-corrected chi connectivity index (χ2v) is 6.87. The number of hydrogen-bond acceptors (Lipinski definition) is 3. The third-order valence-corrected chi connectivity index (χ3v) is 5.68. The number of ether oxygens (including phenoxy) is 1. The van der Waals surface area contributed by atoms with Gasteiger partial charge in [-0.3, -0.25) is 9.78 Å². The van der Waals surface area contributed by atoms with Crippen molar-refractivity contribution in [3.05, 3.63) is 29.6 Å². The average Bonchev–Trinajstić information content (AvgIpc) is 2.55. The molecule has 1 aromatic heterocycles. The number of carbonyl (C=O) groups excluding carboxylic acids is 1. The highest BCUT2D eigenvalue weighted by atomic mass is 19.3. The van der Waals surface area contributed by atoms with Crippen molar-refractivity contribution in [3.63, 3.8) is 0 Å². The molecular weight excluding hydrogens is 288 g/mol. The van der Waals surface area contributed by atoms with Gasteiger partial charge in [0.25, 0.3) is 5.92 Å². The molecule has 0 unspecified atom stereocenters. The number of pyridine rings is 1. The molecule has 0 N–H and O–H groups in total. The van der Waals surface area contributed by atoms with Gasteiger partial charge >= 0.3 is 5.97 Å². The van der Waals surface area contributed by atoms with E-state index in [2.05, 4.69) is 4.98 Å². The van der Waals surface area contributed by atoms with Gasteiger partial charge < -0.3 is 4.74 Å². The van der Waals surface area contributed by atoms with Gasteiger partial charge in [0.15, 0.2) is 0 Å². The predicted octanol–water partition coefficient (Wildman–Crippen LogP) is 3.96. The van der Waals surface area contributed by atoms with Gasteiger partial charge in [-0.1, -0.05) is 0 Å². The van der Waals surface area contributed by atoms with Gasteiger partial charge in [-0.25, -0.2) is 8.78 Å². The lowest BCUT2D eigenvalue weighted by atomic mass is 9.52. The summed E-state index contributed by atoms with van der Waals surface area (Å²) in [5, 5.41) is 0. The third kappa shape index (κ3) is 2.31. The zero-order chi connectivity index (χ0) is 16.0. The fourth-order valence-electron chi connectivity index (χ4n) is 4.06. The maximum atomic E-state index is 13.3. The summed E-state index contributed by atoms with van der Waals surface area (Å²) in [5.74, 6) is -2.96. The quantitative estimate of drug-likeness (QED) is 0.793. The van der Waals surface area contributed by atoms with Crippen molar-refractivity contribution in [3.8, 4) is 0 Å². The van der Waals surface area contributed by atoms with Gasteiger partial charge in [-0.15, -0.1) is 0 Å². The van der Waals surface area contributed by atoms with Gasteiger partial charge in [-0.2, -0.15) is 0 Å². The van der Waals surface area contributed by atoms with Crippen LogP contribution in [0.4, 0.5) is 8.78 Å². The number of alkyl halides is 2. The molecule has 1 aromatic rings. The minimum Gasteiger partial charge on any atom is -0.469 e. The second kappa shape index (κ2) is 5.00. The summed E-state index contributed by atoms with van der Waals surface area (Å²) in [7, 11) is 1.44. The van der Waals surface area contributed by atoms with Gasteiger partial charge in [0, 0.05) is 29.8 Å². The number of nitrogens with zero attached hydrogens (tertiary/aromatic N) is 1. The van der Waals surface area contributed by atoms with E-state index in [4.69, 9.17) is 4.74 Å². The third-order valence-electron chi connectivity index (χ3n) is 5.68. The molecule has 3 aliphatic rings. The lowest BCUT2D eigenvalue weighted by Gasteiger charge is -2.51. The van der Waals surface area contributed by atoms with Gasteiger partial charge in [0.1, 0.15) is 0 Å². The molecule has 1 heterocycles.